The second-order valence-corrected chi connectivity index (χ2v) is 5.77. The quantitative estimate of drug-likeness (QED) is 0.764. The first-order chi connectivity index (χ1) is 5.31. The van der Waals surface area contributed by atoms with Crippen LogP contribution in [0.4, 0.5) is 0 Å². The van der Waals surface area contributed by atoms with E-state index in [9.17, 15) is 5.11 Å². The van der Waals surface area contributed by atoms with E-state index in [1.54, 1.807) is 0 Å². The molecule has 0 spiro atoms. The van der Waals surface area contributed by atoms with Crippen LogP contribution < -0.4 is 0 Å². The van der Waals surface area contributed by atoms with Gasteiger partial charge in [0.25, 0.3) is 0 Å². The maximum atomic E-state index is 9.79. The first-order valence-electron chi connectivity index (χ1n) is 3.79. The third-order valence-corrected chi connectivity index (χ3v) is 5.03. The molecule has 0 atom stereocenters. The van der Waals surface area contributed by atoms with Gasteiger partial charge in [-0.15, -0.1) is 0 Å². The molecule has 0 aromatic rings. The molecule has 0 heterocycles. The average Bonchev–Trinajstić information content (AvgIpc) is 2.26. The molecule has 0 saturated heterocycles. The second kappa shape index (κ2) is 3.06. The van der Waals surface area contributed by atoms with E-state index in [2.05, 4.69) is 0 Å². The molecule has 0 unspecified atom stereocenters. The summed E-state index contributed by atoms with van der Waals surface area (Å²) in [6.07, 6.45) is 2.18. The predicted molar refractivity (Wildman–Crippen MR) is 53.3 cm³/mol. The van der Waals surface area contributed by atoms with Gasteiger partial charge in [0.15, 0.2) is 8.67 Å². The smallest absolute Gasteiger partial charge is 0.185 e. The Morgan fingerprint density at radius 3 is 1.75 bits per heavy atom. The topological polar surface area (TPSA) is 20.2 Å². The molecule has 72 valence electrons. The third-order valence-electron chi connectivity index (χ3n) is 2.26. The van der Waals surface area contributed by atoms with Crippen molar-refractivity contribution in [3.63, 3.8) is 0 Å². The van der Waals surface area contributed by atoms with Crippen molar-refractivity contribution in [3.05, 3.63) is 0 Å². The Labute approximate surface area is 91.9 Å². The summed E-state index contributed by atoms with van der Waals surface area (Å²) in [5.41, 5.74) is -1.35. The number of aliphatic hydroxyl groups is 1. The van der Waals surface area contributed by atoms with Crippen molar-refractivity contribution >= 4 is 46.4 Å². The predicted octanol–water partition coefficient (Wildman–Crippen LogP) is 3.27. The van der Waals surface area contributed by atoms with E-state index in [1.807, 2.05) is 6.92 Å². The van der Waals surface area contributed by atoms with Gasteiger partial charge < -0.3 is 5.11 Å². The molecule has 12 heavy (non-hydrogen) atoms. The zero-order valence-corrected chi connectivity index (χ0v) is 9.60. The lowest BCUT2D eigenvalue weighted by atomic mass is 10.1. The Balaban J connectivity index is 2.65. The zero-order chi connectivity index (χ0) is 9.62. The summed E-state index contributed by atoms with van der Waals surface area (Å²) < 4.78 is -2.84. The third kappa shape index (κ3) is 1.18. The van der Waals surface area contributed by atoms with Crippen LogP contribution >= 0.6 is 46.4 Å². The maximum Gasteiger partial charge on any atom is 0.185 e. The number of unbranched alkanes of at least 4 members (excludes halogenated alkanes) is 1. The standard InChI is InChI=1S/C7H10Cl4O/c1-2-3-4-5(12)6(8,9)7(5,10)11/h12H,2-4H2,1H3. The Morgan fingerprint density at radius 1 is 1.08 bits per heavy atom. The summed E-state index contributed by atoms with van der Waals surface area (Å²) in [4.78, 5) is 0. The minimum Gasteiger partial charge on any atom is -0.383 e. The van der Waals surface area contributed by atoms with Crippen molar-refractivity contribution in [1.29, 1.82) is 0 Å². The normalized spacial score (nSPS) is 28.5. The van der Waals surface area contributed by atoms with Gasteiger partial charge in [0.1, 0.15) is 5.60 Å². The van der Waals surface area contributed by atoms with Crippen molar-refractivity contribution in [2.24, 2.45) is 0 Å². The fourth-order valence-electron chi connectivity index (χ4n) is 1.20. The summed E-state index contributed by atoms with van der Waals surface area (Å²) in [6, 6.07) is 0. The molecule has 0 aromatic heterocycles. The highest BCUT2D eigenvalue weighted by Gasteiger charge is 2.86. The van der Waals surface area contributed by atoms with Gasteiger partial charge >= 0.3 is 0 Å². The molecular formula is C7H10Cl4O. The summed E-state index contributed by atoms with van der Waals surface area (Å²) in [5.74, 6) is 0. The molecule has 1 aliphatic rings. The molecule has 1 fully saturated rings. The number of hydrogen-bond acceptors (Lipinski definition) is 1. The van der Waals surface area contributed by atoms with Gasteiger partial charge in [-0.2, -0.15) is 0 Å². The average molecular weight is 252 g/mol. The molecule has 1 aliphatic carbocycles. The molecule has 0 bridgehead atoms. The van der Waals surface area contributed by atoms with Crippen molar-refractivity contribution in [2.45, 2.75) is 40.5 Å². The molecule has 1 N–H and O–H groups in total. The number of rotatable bonds is 3. The van der Waals surface area contributed by atoms with Gasteiger partial charge in [-0.1, -0.05) is 66.2 Å². The van der Waals surface area contributed by atoms with Crippen LogP contribution in [0.1, 0.15) is 26.2 Å². The Morgan fingerprint density at radius 2 is 1.50 bits per heavy atom. The minimum absolute atomic E-state index is 0.434. The van der Waals surface area contributed by atoms with Crippen LogP contribution in [0.3, 0.4) is 0 Å². The lowest BCUT2D eigenvalue weighted by Gasteiger charge is -2.08. The van der Waals surface area contributed by atoms with Gasteiger partial charge in [0, 0.05) is 0 Å². The Kier molecular flexibility index (Phi) is 2.86. The van der Waals surface area contributed by atoms with Gasteiger partial charge in [-0.3, -0.25) is 0 Å². The molecule has 1 nitrogen and oxygen atoms in total. The number of alkyl halides is 4. The van der Waals surface area contributed by atoms with E-state index < -0.39 is 14.3 Å². The van der Waals surface area contributed by atoms with Crippen LogP contribution in [0.25, 0.3) is 0 Å². The van der Waals surface area contributed by atoms with E-state index >= 15 is 0 Å². The van der Waals surface area contributed by atoms with Gasteiger partial charge in [0.05, 0.1) is 0 Å². The first kappa shape index (κ1) is 11.2. The van der Waals surface area contributed by atoms with Gasteiger partial charge in [0.2, 0.25) is 0 Å². The molecule has 5 heteroatoms. The van der Waals surface area contributed by atoms with Crippen LogP contribution in [0, 0.1) is 0 Å². The molecule has 0 radical (unpaired) electrons. The van der Waals surface area contributed by atoms with Crippen LogP contribution in [-0.2, 0) is 0 Å². The first-order valence-corrected chi connectivity index (χ1v) is 5.30. The maximum absolute atomic E-state index is 9.79. The molecule has 0 aromatic carbocycles. The van der Waals surface area contributed by atoms with Crippen molar-refractivity contribution in [2.75, 3.05) is 0 Å². The van der Waals surface area contributed by atoms with Crippen LogP contribution in [0.2, 0.25) is 0 Å². The largest absolute Gasteiger partial charge is 0.383 e. The monoisotopic (exact) mass is 250 g/mol. The highest BCUT2D eigenvalue weighted by atomic mass is 35.5. The van der Waals surface area contributed by atoms with E-state index in [1.165, 1.54) is 0 Å². The van der Waals surface area contributed by atoms with Crippen LogP contribution in [0.5, 0.6) is 0 Å². The zero-order valence-electron chi connectivity index (χ0n) is 6.58. The highest BCUT2D eigenvalue weighted by Crippen LogP contribution is 2.73. The van der Waals surface area contributed by atoms with Gasteiger partial charge in [-0.05, 0) is 6.42 Å². The lowest BCUT2D eigenvalue weighted by molar-refractivity contribution is 0.131. The minimum atomic E-state index is -1.42. The lowest BCUT2D eigenvalue weighted by Crippen LogP contribution is -2.18. The fraction of sp³-hybridized carbons (Fsp3) is 1.00. The van der Waals surface area contributed by atoms with Crippen LogP contribution in [0.15, 0.2) is 0 Å². The van der Waals surface area contributed by atoms with E-state index in [0.29, 0.717) is 6.42 Å². The van der Waals surface area contributed by atoms with E-state index in [-0.39, 0.29) is 0 Å². The van der Waals surface area contributed by atoms with Gasteiger partial charge in [-0.25, -0.2) is 0 Å². The summed E-state index contributed by atoms with van der Waals surface area (Å²) in [7, 11) is 0. The molecule has 0 aliphatic heterocycles. The van der Waals surface area contributed by atoms with Crippen LogP contribution in [-0.4, -0.2) is 19.4 Å². The second-order valence-electron chi connectivity index (χ2n) is 3.11. The number of hydrogen-bond donors (Lipinski definition) is 1. The Bertz CT molecular complexity index is 176. The summed E-state index contributed by atoms with van der Waals surface area (Å²) >= 11 is 22.9. The molecule has 1 saturated carbocycles. The van der Waals surface area contributed by atoms with Crippen molar-refractivity contribution in [3.8, 4) is 0 Å². The van der Waals surface area contributed by atoms with Crippen molar-refractivity contribution in [1.82, 2.24) is 0 Å². The van der Waals surface area contributed by atoms with E-state index in [0.717, 1.165) is 12.8 Å². The number of halogens is 4. The SMILES string of the molecule is CCCCC1(O)C(Cl)(Cl)C1(Cl)Cl. The summed E-state index contributed by atoms with van der Waals surface area (Å²) in [5, 5.41) is 9.79. The molecular weight excluding hydrogens is 242 g/mol. The Hall–Kier alpha value is 1.12. The van der Waals surface area contributed by atoms with E-state index in [4.69, 9.17) is 46.4 Å². The highest BCUT2D eigenvalue weighted by molar-refractivity contribution is 6.69. The molecule has 0 amide bonds. The summed E-state index contributed by atoms with van der Waals surface area (Å²) in [6.45, 7) is 2.00. The van der Waals surface area contributed by atoms with Crippen molar-refractivity contribution < 1.29 is 5.11 Å². The molecule has 1 rings (SSSR count). The fourth-order valence-corrected chi connectivity index (χ4v) is 2.78.